The number of hydrogen-bond donors (Lipinski definition) is 2. The number of aromatic nitrogens is 1. The molecule has 2 aromatic rings. The number of thiazole rings is 1. The van der Waals surface area contributed by atoms with Crippen molar-refractivity contribution in [1.82, 2.24) is 9.71 Å². The van der Waals surface area contributed by atoms with Crippen LogP contribution in [0, 0.1) is 0 Å². The molecule has 1 heterocycles. The first-order chi connectivity index (χ1) is 9.94. The third kappa shape index (κ3) is 3.57. The first kappa shape index (κ1) is 15.4. The van der Waals surface area contributed by atoms with Crippen LogP contribution >= 0.6 is 11.3 Å². The van der Waals surface area contributed by atoms with E-state index in [4.69, 9.17) is 9.84 Å². The van der Waals surface area contributed by atoms with E-state index in [-0.39, 0.29) is 22.8 Å². The number of nitrogens with zero attached hydrogens (tertiary/aromatic N) is 1. The molecular weight excluding hydrogens is 316 g/mol. The fourth-order valence-electron chi connectivity index (χ4n) is 1.60. The van der Waals surface area contributed by atoms with Crippen LogP contribution in [-0.2, 0) is 16.6 Å². The maximum Gasteiger partial charge on any atom is 0.335 e. The predicted octanol–water partition coefficient (Wildman–Crippen LogP) is 1.33. The number of carboxylic acids is 1. The lowest BCUT2D eigenvalue weighted by Crippen LogP contribution is -2.23. The fourth-order valence-corrected chi connectivity index (χ4v) is 3.38. The molecule has 0 saturated heterocycles. The molecule has 1 aromatic carbocycles. The van der Waals surface area contributed by atoms with Crippen molar-refractivity contribution in [2.24, 2.45) is 0 Å². The minimum atomic E-state index is -3.82. The molecular formula is C12H12N2O5S2. The Labute approximate surface area is 125 Å². The topological polar surface area (TPSA) is 106 Å². The Balaban J connectivity index is 2.28. The van der Waals surface area contributed by atoms with E-state index in [2.05, 4.69) is 9.71 Å². The molecule has 21 heavy (non-hydrogen) atoms. The van der Waals surface area contributed by atoms with Gasteiger partial charge in [0, 0.05) is 11.6 Å². The maximum atomic E-state index is 12.2. The number of aromatic carboxylic acids is 1. The maximum absolute atomic E-state index is 12.2. The van der Waals surface area contributed by atoms with Crippen LogP contribution in [0.1, 0.15) is 15.4 Å². The summed E-state index contributed by atoms with van der Waals surface area (Å²) in [5.74, 6) is -1.19. The molecule has 7 nitrogen and oxygen atoms in total. The van der Waals surface area contributed by atoms with Crippen LogP contribution in [0.3, 0.4) is 0 Å². The number of methoxy groups -OCH3 is 1. The number of sulfonamides is 1. The molecule has 0 saturated carbocycles. The van der Waals surface area contributed by atoms with E-state index >= 15 is 0 Å². The Morgan fingerprint density at radius 1 is 1.48 bits per heavy atom. The van der Waals surface area contributed by atoms with Crippen LogP contribution in [0.25, 0.3) is 0 Å². The molecule has 112 valence electrons. The molecule has 0 spiro atoms. The minimum absolute atomic E-state index is 0.0264. The van der Waals surface area contributed by atoms with Crippen LogP contribution < -0.4 is 9.46 Å². The van der Waals surface area contributed by atoms with Crippen LogP contribution in [0.2, 0.25) is 0 Å². The predicted molar refractivity (Wildman–Crippen MR) is 76.1 cm³/mol. The molecule has 9 heteroatoms. The molecule has 0 amide bonds. The molecule has 0 aliphatic heterocycles. The van der Waals surface area contributed by atoms with Gasteiger partial charge in [0.25, 0.3) is 0 Å². The Bertz CT molecular complexity index is 741. The highest BCUT2D eigenvalue weighted by Gasteiger charge is 2.21. The summed E-state index contributed by atoms with van der Waals surface area (Å²) < 4.78 is 31.8. The molecule has 0 atom stereocenters. The highest BCUT2D eigenvalue weighted by Crippen LogP contribution is 2.25. The van der Waals surface area contributed by atoms with Gasteiger partial charge in [-0.2, -0.15) is 0 Å². The van der Waals surface area contributed by atoms with E-state index < -0.39 is 16.0 Å². The van der Waals surface area contributed by atoms with Crippen molar-refractivity contribution < 1.29 is 23.1 Å². The Hall–Kier alpha value is -1.97. The zero-order valence-electron chi connectivity index (χ0n) is 10.9. The van der Waals surface area contributed by atoms with Gasteiger partial charge in [0.2, 0.25) is 10.0 Å². The van der Waals surface area contributed by atoms with Crippen molar-refractivity contribution in [2.75, 3.05) is 7.11 Å². The van der Waals surface area contributed by atoms with Crippen LogP contribution in [0.4, 0.5) is 0 Å². The Morgan fingerprint density at radius 3 is 2.81 bits per heavy atom. The molecule has 0 radical (unpaired) electrons. The lowest BCUT2D eigenvalue weighted by atomic mass is 10.2. The molecule has 2 N–H and O–H groups in total. The van der Waals surface area contributed by atoms with Crippen LogP contribution in [0.15, 0.2) is 34.7 Å². The number of nitrogens with one attached hydrogen (secondary N) is 1. The van der Waals surface area contributed by atoms with E-state index in [9.17, 15) is 13.2 Å². The van der Waals surface area contributed by atoms with Crippen molar-refractivity contribution in [3.63, 3.8) is 0 Å². The molecule has 0 unspecified atom stereocenters. The SMILES string of the molecule is COc1cc(C(=O)O)ccc1S(=O)(=O)NCc1nccs1. The first-order valence-electron chi connectivity index (χ1n) is 5.73. The van der Waals surface area contributed by atoms with Gasteiger partial charge in [0.05, 0.1) is 19.2 Å². The first-order valence-corrected chi connectivity index (χ1v) is 8.09. The summed E-state index contributed by atoms with van der Waals surface area (Å²) in [5, 5.41) is 11.3. The normalized spacial score (nSPS) is 11.3. The quantitative estimate of drug-likeness (QED) is 0.828. The van der Waals surface area contributed by atoms with Crippen LogP contribution in [0.5, 0.6) is 5.75 Å². The van der Waals surface area contributed by atoms with E-state index in [1.165, 1.54) is 36.6 Å². The summed E-state index contributed by atoms with van der Waals surface area (Å²) in [6, 6.07) is 3.58. The third-order valence-electron chi connectivity index (χ3n) is 2.60. The van der Waals surface area contributed by atoms with Crippen molar-refractivity contribution >= 4 is 27.3 Å². The molecule has 0 fully saturated rings. The molecule has 0 aliphatic carbocycles. The number of ether oxygens (including phenoxy) is 1. The Morgan fingerprint density at radius 2 is 2.24 bits per heavy atom. The van der Waals surface area contributed by atoms with Gasteiger partial charge in [0.1, 0.15) is 15.7 Å². The van der Waals surface area contributed by atoms with E-state index in [0.29, 0.717) is 5.01 Å². The average molecular weight is 328 g/mol. The summed E-state index contributed by atoms with van der Waals surface area (Å²) in [4.78, 5) is 14.7. The number of hydrogen-bond acceptors (Lipinski definition) is 6. The summed E-state index contributed by atoms with van der Waals surface area (Å²) in [6.45, 7) is 0.0594. The second-order valence-electron chi connectivity index (χ2n) is 3.92. The van der Waals surface area contributed by atoms with Gasteiger partial charge in [-0.1, -0.05) is 0 Å². The van der Waals surface area contributed by atoms with Gasteiger partial charge >= 0.3 is 5.97 Å². The molecule has 2 rings (SSSR count). The van der Waals surface area contributed by atoms with E-state index in [1.54, 1.807) is 11.6 Å². The van der Waals surface area contributed by atoms with Crippen LogP contribution in [-0.4, -0.2) is 31.6 Å². The van der Waals surface area contributed by atoms with Gasteiger partial charge in [-0.15, -0.1) is 11.3 Å². The summed E-state index contributed by atoms with van der Waals surface area (Å²) in [7, 11) is -2.54. The summed E-state index contributed by atoms with van der Waals surface area (Å²) in [5.41, 5.74) is -0.0503. The van der Waals surface area contributed by atoms with Crippen molar-refractivity contribution in [3.05, 3.63) is 40.3 Å². The summed E-state index contributed by atoms with van der Waals surface area (Å²) in [6.07, 6.45) is 1.58. The minimum Gasteiger partial charge on any atom is -0.495 e. The lowest BCUT2D eigenvalue weighted by molar-refractivity contribution is 0.0696. The standard InChI is InChI=1S/C12H12N2O5S2/c1-19-9-6-8(12(15)16)2-3-10(9)21(17,18)14-7-11-13-4-5-20-11/h2-6,14H,7H2,1H3,(H,15,16). The van der Waals surface area contributed by atoms with Gasteiger partial charge in [0.15, 0.2) is 0 Å². The second-order valence-corrected chi connectivity index (χ2v) is 6.64. The molecule has 0 bridgehead atoms. The van der Waals surface area contributed by atoms with Gasteiger partial charge < -0.3 is 9.84 Å². The van der Waals surface area contributed by atoms with Crippen molar-refractivity contribution in [1.29, 1.82) is 0 Å². The average Bonchev–Trinajstić information content (AvgIpc) is 2.97. The number of carboxylic acid groups (broad SMARTS) is 1. The van der Waals surface area contributed by atoms with Crippen molar-refractivity contribution in [2.45, 2.75) is 11.4 Å². The highest BCUT2D eigenvalue weighted by atomic mass is 32.2. The number of rotatable bonds is 6. The Kier molecular flexibility index (Phi) is 4.56. The van der Waals surface area contributed by atoms with Crippen molar-refractivity contribution in [3.8, 4) is 5.75 Å². The zero-order chi connectivity index (χ0) is 15.5. The van der Waals surface area contributed by atoms with E-state index in [1.807, 2.05) is 0 Å². The van der Waals surface area contributed by atoms with Gasteiger partial charge in [-0.05, 0) is 18.2 Å². The zero-order valence-corrected chi connectivity index (χ0v) is 12.6. The number of carbonyl (C=O) groups is 1. The monoisotopic (exact) mass is 328 g/mol. The van der Waals surface area contributed by atoms with E-state index in [0.717, 1.165) is 0 Å². The lowest BCUT2D eigenvalue weighted by Gasteiger charge is -2.10. The fraction of sp³-hybridized carbons (Fsp3) is 0.167. The molecule has 1 aromatic heterocycles. The number of benzene rings is 1. The van der Waals surface area contributed by atoms with Gasteiger partial charge in [-0.25, -0.2) is 22.9 Å². The largest absolute Gasteiger partial charge is 0.495 e. The highest BCUT2D eigenvalue weighted by molar-refractivity contribution is 7.89. The third-order valence-corrected chi connectivity index (χ3v) is 4.82. The smallest absolute Gasteiger partial charge is 0.335 e. The molecule has 0 aliphatic rings. The van der Waals surface area contributed by atoms with Gasteiger partial charge in [-0.3, -0.25) is 0 Å². The summed E-state index contributed by atoms with van der Waals surface area (Å²) >= 11 is 1.33. The second kappa shape index (κ2) is 6.20.